The van der Waals surface area contributed by atoms with Gasteiger partial charge in [-0.1, -0.05) is 28.8 Å². The van der Waals surface area contributed by atoms with E-state index in [9.17, 15) is 18.8 Å². The Morgan fingerprint density at radius 2 is 1.79 bits per heavy atom. The van der Waals surface area contributed by atoms with Crippen molar-refractivity contribution in [1.82, 2.24) is 14.4 Å². The number of nitrogens with zero attached hydrogens (tertiary/aromatic N) is 3. The molecule has 0 radical (unpaired) electrons. The Balaban J connectivity index is 1.33. The van der Waals surface area contributed by atoms with Gasteiger partial charge < -0.3 is 14.2 Å². The number of amides is 3. The predicted molar refractivity (Wildman–Crippen MR) is 149 cm³/mol. The fourth-order valence-electron chi connectivity index (χ4n) is 4.73. The summed E-state index contributed by atoms with van der Waals surface area (Å²) in [6.45, 7) is 1.97. The van der Waals surface area contributed by atoms with E-state index >= 15 is 0 Å². The Morgan fingerprint density at radius 1 is 1.05 bits per heavy atom. The Kier molecular flexibility index (Phi) is 8.18. The summed E-state index contributed by atoms with van der Waals surface area (Å²) in [5, 5.41) is 0.514. The lowest BCUT2D eigenvalue weighted by atomic mass is 10.1. The summed E-state index contributed by atoms with van der Waals surface area (Å²) in [5.74, 6) is -0.214. The molecular weight excluding hydrogens is 573 g/mol. The molecule has 7 nitrogen and oxygen atoms in total. The Labute approximate surface area is 232 Å². The Bertz CT molecular complexity index is 1400. The van der Waals surface area contributed by atoms with E-state index in [4.69, 9.17) is 4.74 Å². The molecule has 38 heavy (non-hydrogen) atoms. The average Bonchev–Trinajstić information content (AvgIpc) is 3.20. The second kappa shape index (κ2) is 11.7. The third-order valence-corrected chi connectivity index (χ3v) is 8.10. The largest absolute Gasteiger partial charge is 0.492 e. The third kappa shape index (κ3) is 5.96. The van der Waals surface area contributed by atoms with E-state index in [2.05, 4.69) is 15.9 Å². The summed E-state index contributed by atoms with van der Waals surface area (Å²) < 4.78 is 21.4. The van der Waals surface area contributed by atoms with Gasteiger partial charge in [0.25, 0.3) is 11.1 Å². The molecule has 0 aliphatic carbocycles. The van der Waals surface area contributed by atoms with Crippen molar-refractivity contribution in [3.8, 4) is 5.75 Å². The van der Waals surface area contributed by atoms with E-state index in [0.717, 1.165) is 76.4 Å². The first kappa shape index (κ1) is 26.5. The number of benzene rings is 2. The minimum absolute atomic E-state index is 0.0804. The molecule has 0 saturated carbocycles. The highest BCUT2D eigenvalue weighted by Crippen LogP contribution is 2.35. The SMILES string of the molecule is O=C(Cn1cc(/C=C2\SC(=O)N(CCOc3ccc(F)cc3)C2=O)c2cc(Br)ccc21)N1CCCCCC1. The second-order valence-electron chi connectivity index (χ2n) is 9.30. The van der Waals surface area contributed by atoms with Gasteiger partial charge in [0.15, 0.2) is 0 Å². The van der Waals surface area contributed by atoms with Crippen LogP contribution in [0.2, 0.25) is 0 Å². The van der Waals surface area contributed by atoms with Crippen LogP contribution in [0.1, 0.15) is 31.2 Å². The van der Waals surface area contributed by atoms with Gasteiger partial charge in [-0.25, -0.2) is 4.39 Å². The van der Waals surface area contributed by atoms with E-state index < -0.39 is 0 Å². The van der Waals surface area contributed by atoms with Gasteiger partial charge in [0, 0.05) is 40.2 Å². The predicted octanol–water partition coefficient (Wildman–Crippen LogP) is 6.06. The number of likely N-dealkylation sites (tertiary alicyclic amines) is 1. The van der Waals surface area contributed by atoms with Gasteiger partial charge in [-0.3, -0.25) is 19.3 Å². The highest BCUT2D eigenvalue weighted by atomic mass is 79.9. The highest BCUT2D eigenvalue weighted by Gasteiger charge is 2.35. The van der Waals surface area contributed by atoms with Gasteiger partial charge in [-0.2, -0.15) is 0 Å². The van der Waals surface area contributed by atoms with Gasteiger partial charge in [0.05, 0.1) is 11.4 Å². The fourth-order valence-corrected chi connectivity index (χ4v) is 5.95. The van der Waals surface area contributed by atoms with E-state index in [1.165, 1.54) is 24.3 Å². The molecule has 3 aromatic rings. The number of halogens is 2. The van der Waals surface area contributed by atoms with E-state index in [1.807, 2.05) is 33.9 Å². The molecule has 1 aromatic heterocycles. The first-order chi connectivity index (χ1) is 18.4. The first-order valence-corrected chi connectivity index (χ1v) is 14.2. The summed E-state index contributed by atoms with van der Waals surface area (Å²) in [6, 6.07) is 11.4. The van der Waals surface area contributed by atoms with Crippen LogP contribution in [0.15, 0.2) is 58.0 Å². The van der Waals surface area contributed by atoms with E-state index in [-0.39, 0.29) is 42.6 Å². The van der Waals surface area contributed by atoms with Crippen LogP contribution < -0.4 is 4.74 Å². The normalized spacial score (nSPS) is 17.5. The number of aromatic nitrogens is 1. The fraction of sp³-hybridized carbons (Fsp3) is 0.321. The molecule has 2 fully saturated rings. The zero-order valence-electron chi connectivity index (χ0n) is 20.7. The number of fused-ring (bicyclic) bond motifs is 1. The molecule has 0 atom stereocenters. The molecule has 2 aliphatic heterocycles. The molecule has 198 valence electrons. The number of hydrogen-bond donors (Lipinski definition) is 0. The zero-order valence-corrected chi connectivity index (χ0v) is 23.1. The van der Waals surface area contributed by atoms with Gasteiger partial charge in [0.1, 0.15) is 24.7 Å². The molecular formula is C28H27BrFN3O4S. The Morgan fingerprint density at radius 3 is 2.53 bits per heavy atom. The molecule has 0 N–H and O–H groups in total. The summed E-state index contributed by atoms with van der Waals surface area (Å²) in [6.07, 6.45) is 7.96. The van der Waals surface area contributed by atoms with Crippen LogP contribution in [-0.4, -0.2) is 57.7 Å². The molecule has 2 aliphatic rings. The van der Waals surface area contributed by atoms with Crippen molar-refractivity contribution in [2.75, 3.05) is 26.2 Å². The summed E-state index contributed by atoms with van der Waals surface area (Å²) in [7, 11) is 0. The number of carbonyl (C=O) groups excluding carboxylic acids is 3. The first-order valence-electron chi connectivity index (χ1n) is 12.6. The standard InChI is InChI=1S/C28H27BrFN3O4S/c29-20-5-10-24-23(16-20)19(17-32(24)18-26(34)31-11-3-1-2-4-12-31)15-25-27(35)33(28(36)38-25)13-14-37-22-8-6-21(30)7-9-22/h5-10,15-17H,1-4,11-14,18H2/b25-15-. The molecule has 0 unspecified atom stereocenters. The second-order valence-corrected chi connectivity index (χ2v) is 11.2. The van der Waals surface area contributed by atoms with Crippen LogP contribution in [0.4, 0.5) is 9.18 Å². The summed E-state index contributed by atoms with van der Waals surface area (Å²) in [5.41, 5.74) is 1.65. The molecule has 10 heteroatoms. The quantitative estimate of drug-likeness (QED) is 0.309. The van der Waals surface area contributed by atoms with E-state index in [0.29, 0.717) is 10.7 Å². The molecule has 0 bridgehead atoms. The van der Waals surface area contributed by atoms with Crippen molar-refractivity contribution in [1.29, 1.82) is 0 Å². The van der Waals surface area contributed by atoms with Crippen molar-refractivity contribution in [2.45, 2.75) is 32.2 Å². The van der Waals surface area contributed by atoms with Crippen molar-refractivity contribution >= 4 is 61.7 Å². The smallest absolute Gasteiger partial charge is 0.293 e. The highest BCUT2D eigenvalue weighted by molar-refractivity contribution is 9.10. The van der Waals surface area contributed by atoms with Gasteiger partial charge in [-0.05, 0) is 73.1 Å². The van der Waals surface area contributed by atoms with E-state index in [1.54, 1.807) is 6.08 Å². The lowest BCUT2D eigenvalue weighted by molar-refractivity contribution is -0.131. The van der Waals surface area contributed by atoms with Crippen molar-refractivity contribution in [3.05, 3.63) is 69.4 Å². The number of ether oxygens (including phenoxy) is 1. The lowest BCUT2D eigenvalue weighted by Gasteiger charge is -2.20. The van der Waals surface area contributed by atoms with Gasteiger partial charge in [0.2, 0.25) is 5.91 Å². The summed E-state index contributed by atoms with van der Waals surface area (Å²) >= 11 is 4.40. The minimum Gasteiger partial charge on any atom is -0.492 e. The Hall–Kier alpha value is -3.11. The molecule has 5 rings (SSSR count). The third-order valence-electron chi connectivity index (χ3n) is 6.70. The number of carbonyl (C=O) groups is 3. The van der Waals surface area contributed by atoms with Crippen LogP contribution in [0.3, 0.4) is 0 Å². The molecule has 2 aromatic carbocycles. The van der Waals surface area contributed by atoms with Crippen LogP contribution in [0.5, 0.6) is 5.75 Å². The monoisotopic (exact) mass is 599 g/mol. The number of imide groups is 1. The molecule has 2 saturated heterocycles. The van der Waals surface area contributed by atoms with Crippen LogP contribution in [0.25, 0.3) is 17.0 Å². The zero-order chi connectivity index (χ0) is 26.6. The summed E-state index contributed by atoms with van der Waals surface area (Å²) in [4.78, 5) is 42.2. The van der Waals surface area contributed by atoms with Crippen LogP contribution in [0, 0.1) is 5.82 Å². The van der Waals surface area contributed by atoms with Crippen molar-refractivity contribution in [3.63, 3.8) is 0 Å². The molecule has 0 spiro atoms. The minimum atomic E-state index is -0.390. The maximum Gasteiger partial charge on any atom is 0.293 e. The lowest BCUT2D eigenvalue weighted by Crippen LogP contribution is -2.34. The molecule has 3 amide bonds. The number of thioether (sulfide) groups is 1. The number of rotatable bonds is 7. The van der Waals surface area contributed by atoms with Gasteiger partial charge >= 0.3 is 0 Å². The average molecular weight is 601 g/mol. The topological polar surface area (TPSA) is 71.9 Å². The maximum atomic E-state index is 13.1. The molecule has 3 heterocycles. The van der Waals surface area contributed by atoms with Crippen LogP contribution in [-0.2, 0) is 16.1 Å². The maximum absolute atomic E-state index is 13.1. The number of hydrogen-bond acceptors (Lipinski definition) is 5. The van der Waals surface area contributed by atoms with Crippen molar-refractivity contribution in [2.24, 2.45) is 0 Å². The van der Waals surface area contributed by atoms with Crippen molar-refractivity contribution < 1.29 is 23.5 Å². The van der Waals surface area contributed by atoms with Crippen LogP contribution >= 0.6 is 27.7 Å². The van der Waals surface area contributed by atoms with Gasteiger partial charge in [-0.15, -0.1) is 0 Å².